The highest BCUT2D eigenvalue weighted by Crippen LogP contribution is 2.63. The molecule has 1 aliphatic rings. The van der Waals surface area contributed by atoms with E-state index in [9.17, 15) is 0 Å². The SMILES string of the molecule is CC1(C)C(Nc2cnc3ccccc3n2)C1(C)C. The van der Waals surface area contributed by atoms with Crippen molar-refractivity contribution in [2.75, 3.05) is 5.32 Å². The summed E-state index contributed by atoms with van der Waals surface area (Å²) < 4.78 is 0. The molecule has 0 aliphatic heterocycles. The molecule has 1 heterocycles. The second kappa shape index (κ2) is 3.44. The van der Waals surface area contributed by atoms with Crippen LogP contribution in [0.5, 0.6) is 0 Å². The van der Waals surface area contributed by atoms with Gasteiger partial charge in [-0.25, -0.2) is 4.98 Å². The molecule has 0 amide bonds. The Hall–Kier alpha value is -1.64. The van der Waals surface area contributed by atoms with E-state index in [-0.39, 0.29) is 0 Å². The average molecular weight is 241 g/mol. The molecule has 1 saturated carbocycles. The van der Waals surface area contributed by atoms with Crippen molar-refractivity contribution >= 4 is 16.9 Å². The highest BCUT2D eigenvalue weighted by molar-refractivity contribution is 5.75. The van der Waals surface area contributed by atoms with Crippen LogP contribution in [0.2, 0.25) is 0 Å². The molecular formula is C15H19N3. The molecule has 0 saturated heterocycles. The summed E-state index contributed by atoms with van der Waals surface area (Å²) >= 11 is 0. The summed E-state index contributed by atoms with van der Waals surface area (Å²) in [7, 11) is 0. The molecule has 1 aromatic carbocycles. The molecule has 0 spiro atoms. The summed E-state index contributed by atoms with van der Waals surface area (Å²) in [6.07, 6.45) is 1.83. The fourth-order valence-corrected chi connectivity index (χ4v) is 2.73. The maximum atomic E-state index is 4.61. The predicted octanol–water partition coefficient (Wildman–Crippen LogP) is 3.48. The zero-order valence-corrected chi connectivity index (χ0v) is 11.4. The number of hydrogen-bond donors (Lipinski definition) is 1. The third-order valence-electron chi connectivity index (χ3n) is 4.76. The van der Waals surface area contributed by atoms with Crippen LogP contribution in [0.1, 0.15) is 27.7 Å². The number of nitrogens with one attached hydrogen (secondary N) is 1. The van der Waals surface area contributed by atoms with Crippen LogP contribution in [0.15, 0.2) is 30.5 Å². The number of nitrogens with zero attached hydrogens (tertiary/aromatic N) is 2. The van der Waals surface area contributed by atoms with Gasteiger partial charge in [0.2, 0.25) is 0 Å². The standard InChI is InChI=1S/C15H19N3/c1-14(2)13(15(14,3)4)18-12-9-16-10-7-5-6-8-11(10)17-12/h5-9,13H,1-4H3,(H,17,18). The van der Waals surface area contributed by atoms with Gasteiger partial charge in [-0.1, -0.05) is 39.8 Å². The molecule has 0 bridgehead atoms. The first-order chi connectivity index (χ1) is 8.43. The van der Waals surface area contributed by atoms with Crippen LogP contribution in [0.3, 0.4) is 0 Å². The molecule has 1 fully saturated rings. The highest BCUT2D eigenvalue weighted by atomic mass is 15.1. The summed E-state index contributed by atoms with van der Waals surface area (Å²) in [4.78, 5) is 9.05. The summed E-state index contributed by atoms with van der Waals surface area (Å²) in [5, 5.41) is 3.51. The monoisotopic (exact) mass is 241 g/mol. The fourth-order valence-electron chi connectivity index (χ4n) is 2.73. The van der Waals surface area contributed by atoms with Gasteiger partial charge in [0.25, 0.3) is 0 Å². The van der Waals surface area contributed by atoms with E-state index in [1.807, 2.05) is 30.5 Å². The summed E-state index contributed by atoms with van der Waals surface area (Å²) in [5.41, 5.74) is 2.50. The molecule has 0 radical (unpaired) electrons. The van der Waals surface area contributed by atoms with Gasteiger partial charge in [-0.15, -0.1) is 0 Å². The Morgan fingerprint density at radius 1 is 1.00 bits per heavy atom. The van der Waals surface area contributed by atoms with Gasteiger partial charge in [0.1, 0.15) is 5.82 Å². The quantitative estimate of drug-likeness (QED) is 0.874. The minimum atomic E-state index is 0.306. The van der Waals surface area contributed by atoms with Crippen molar-refractivity contribution in [3.05, 3.63) is 30.5 Å². The van der Waals surface area contributed by atoms with Crippen LogP contribution in [0, 0.1) is 10.8 Å². The lowest BCUT2D eigenvalue weighted by Gasteiger charge is -2.07. The van der Waals surface area contributed by atoms with Gasteiger partial charge in [-0.3, -0.25) is 4.98 Å². The van der Waals surface area contributed by atoms with Gasteiger partial charge in [-0.05, 0) is 23.0 Å². The van der Waals surface area contributed by atoms with Crippen LogP contribution in [0.25, 0.3) is 11.0 Å². The van der Waals surface area contributed by atoms with Gasteiger partial charge in [0.05, 0.1) is 17.2 Å². The number of aromatic nitrogens is 2. The number of hydrogen-bond acceptors (Lipinski definition) is 3. The average Bonchev–Trinajstić information content (AvgIpc) is 2.72. The first-order valence-electron chi connectivity index (χ1n) is 6.41. The third kappa shape index (κ3) is 1.50. The normalized spacial score (nSPS) is 20.9. The zero-order valence-electron chi connectivity index (χ0n) is 11.4. The Bertz CT molecular complexity index is 587. The van der Waals surface area contributed by atoms with E-state index in [2.05, 4.69) is 43.0 Å². The van der Waals surface area contributed by atoms with E-state index in [4.69, 9.17) is 0 Å². The molecule has 1 aliphatic carbocycles. The van der Waals surface area contributed by atoms with Crippen molar-refractivity contribution < 1.29 is 0 Å². The lowest BCUT2D eigenvalue weighted by atomic mass is 10.0. The van der Waals surface area contributed by atoms with Crippen LogP contribution in [-0.2, 0) is 0 Å². The zero-order chi connectivity index (χ0) is 13.0. The predicted molar refractivity (Wildman–Crippen MR) is 74.5 cm³/mol. The van der Waals surface area contributed by atoms with E-state index >= 15 is 0 Å². The molecular weight excluding hydrogens is 222 g/mol. The van der Waals surface area contributed by atoms with Gasteiger partial charge < -0.3 is 5.32 Å². The first kappa shape index (κ1) is 11.5. The van der Waals surface area contributed by atoms with Crippen molar-refractivity contribution in [2.45, 2.75) is 33.7 Å². The van der Waals surface area contributed by atoms with Crippen molar-refractivity contribution in [3.63, 3.8) is 0 Å². The van der Waals surface area contributed by atoms with Crippen molar-refractivity contribution in [2.24, 2.45) is 10.8 Å². The van der Waals surface area contributed by atoms with Crippen molar-refractivity contribution in [1.82, 2.24) is 9.97 Å². The second-order valence-corrected chi connectivity index (χ2v) is 6.26. The Labute approximate surface area is 108 Å². The second-order valence-electron chi connectivity index (χ2n) is 6.26. The van der Waals surface area contributed by atoms with E-state index in [1.165, 1.54) is 0 Å². The van der Waals surface area contributed by atoms with Crippen molar-refractivity contribution in [3.8, 4) is 0 Å². The maximum Gasteiger partial charge on any atom is 0.145 e. The summed E-state index contributed by atoms with van der Waals surface area (Å²) in [6, 6.07) is 8.41. The maximum absolute atomic E-state index is 4.61. The molecule has 2 aromatic rings. The third-order valence-corrected chi connectivity index (χ3v) is 4.76. The molecule has 0 atom stereocenters. The number of para-hydroxylation sites is 2. The molecule has 3 nitrogen and oxygen atoms in total. The van der Waals surface area contributed by atoms with Crippen LogP contribution in [0.4, 0.5) is 5.82 Å². The lowest BCUT2D eigenvalue weighted by molar-refractivity contribution is 0.457. The number of anilines is 1. The van der Waals surface area contributed by atoms with Gasteiger partial charge in [-0.2, -0.15) is 0 Å². The van der Waals surface area contributed by atoms with E-state index in [0.717, 1.165) is 16.9 Å². The van der Waals surface area contributed by atoms with Crippen LogP contribution in [-0.4, -0.2) is 16.0 Å². The van der Waals surface area contributed by atoms with Crippen LogP contribution < -0.4 is 5.32 Å². The minimum Gasteiger partial charge on any atom is -0.365 e. The summed E-state index contributed by atoms with van der Waals surface area (Å²) in [6.45, 7) is 9.16. The van der Waals surface area contributed by atoms with E-state index in [1.54, 1.807) is 0 Å². The first-order valence-corrected chi connectivity index (χ1v) is 6.41. The van der Waals surface area contributed by atoms with E-state index < -0.39 is 0 Å². The highest BCUT2D eigenvalue weighted by Gasteiger charge is 2.65. The van der Waals surface area contributed by atoms with Gasteiger partial charge in [0.15, 0.2) is 0 Å². The number of fused-ring (bicyclic) bond motifs is 1. The topological polar surface area (TPSA) is 37.8 Å². The Morgan fingerprint density at radius 2 is 1.61 bits per heavy atom. The Balaban J connectivity index is 1.89. The smallest absolute Gasteiger partial charge is 0.145 e. The van der Waals surface area contributed by atoms with Gasteiger partial charge >= 0.3 is 0 Å². The Morgan fingerprint density at radius 3 is 2.22 bits per heavy atom. The van der Waals surface area contributed by atoms with Crippen molar-refractivity contribution in [1.29, 1.82) is 0 Å². The van der Waals surface area contributed by atoms with Gasteiger partial charge in [0, 0.05) is 6.04 Å². The number of rotatable bonds is 2. The lowest BCUT2D eigenvalue weighted by Crippen LogP contribution is -2.11. The molecule has 18 heavy (non-hydrogen) atoms. The minimum absolute atomic E-state index is 0.306. The van der Waals surface area contributed by atoms with Crippen LogP contribution >= 0.6 is 0 Å². The Kier molecular flexibility index (Phi) is 2.19. The molecule has 1 aromatic heterocycles. The molecule has 94 valence electrons. The molecule has 3 heteroatoms. The number of benzene rings is 1. The largest absolute Gasteiger partial charge is 0.365 e. The van der Waals surface area contributed by atoms with E-state index in [0.29, 0.717) is 16.9 Å². The molecule has 0 unspecified atom stereocenters. The molecule has 3 rings (SSSR count). The molecule has 1 N–H and O–H groups in total. The fraction of sp³-hybridized carbons (Fsp3) is 0.467. The summed E-state index contributed by atoms with van der Waals surface area (Å²) in [5.74, 6) is 0.873.